The lowest BCUT2D eigenvalue weighted by molar-refractivity contribution is -0.124. The smallest absolute Gasteiger partial charge is 0.140 e. The molecule has 1 heteroatoms. The molecule has 0 N–H and O–H groups in total. The average molecular weight is 216 g/mol. The Kier molecular flexibility index (Phi) is 4.48. The quantitative estimate of drug-likeness (QED) is 0.684. The van der Waals surface area contributed by atoms with Crippen molar-refractivity contribution < 1.29 is 4.79 Å². The highest BCUT2D eigenvalue weighted by Gasteiger charge is 2.30. The number of benzene rings is 1. The van der Waals surface area contributed by atoms with Crippen molar-refractivity contribution in [2.45, 2.75) is 33.6 Å². The molecule has 16 heavy (non-hydrogen) atoms. The minimum atomic E-state index is -0.323. The second-order valence-electron chi connectivity index (χ2n) is 4.23. The van der Waals surface area contributed by atoms with E-state index >= 15 is 0 Å². The first kappa shape index (κ1) is 12.7. The van der Waals surface area contributed by atoms with Gasteiger partial charge >= 0.3 is 0 Å². The monoisotopic (exact) mass is 216 g/mol. The summed E-state index contributed by atoms with van der Waals surface area (Å²) < 4.78 is 0. The number of ketones is 1. The normalized spacial score (nSPS) is 14.9. The standard InChI is InChI=1S/C15H20O/c1-4-11-15(5-2,13(3)16)12-14-9-7-6-8-10-14/h4,6-11H,5,12H2,1-3H3. The highest BCUT2D eigenvalue weighted by atomic mass is 16.1. The zero-order chi connectivity index (χ0) is 12.0. The van der Waals surface area contributed by atoms with Crippen LogP contribution >= 0.6 is 0 Å². The lowest BCUT2D eigenvalue weighted by atomic mass is 9.76. The SMILES string of the molecule is CC=CC(CC)(Cc1ccccc1)C(C)=O. The first-order valence-corrected chi connectivity index (χ1v) is 5.83. The number of hydrogen-bond donors (Lipinski definition) is 0. The summed E-state index contributed by atoms with van der Waals surface area (Å²) in [5.41, 5.74) is 0.897. The van der Waals surface area contributed by atoms with Crippen LogP contribution in [0.15, 0.2) is 42.5 Å². The van der Waals surface area contributed by atoms with E-state index < -0.39 is 0 Å². The number of allylic oxidation sites excluding steroid dienone is 2. The molecule has 1 rings (SSSR count). The van der Waals surface area contributed by atoms with Crippen LogP contribution in [0.1, 0.15) is 32.8 Å². The van der Waals surface area contributed by atoms with Gasteiger partial charge in [-0.1, -0.05) is 49.4 Å². The largest absolute Gasteiger partial charge is 0.299 e. The first-order chi connectivity index (χ1) is 7.64. The third-order valence-electron chi connectivity index (χ3n) is 3.18. The zero-order valence-corrected chi connectivity index (χ0v) is 10.4. The second kappa shape index (κ2) is 5.64. The molecule has 0 fully saturated rings. The maximum absolute atomic E-state index is 11.8. The van der Waals surface area contributed by atoms with Gasteiger partial charge in [0.15, 0.2) is 0 Å². The van der Waals surface area contributed by atoms with E-state index in [1.807, 2.05) is 37.3 Å². The van der Waals surface area contributed by atoms with E-state index in [1.54, 1.807) is 6.92 Å². The number of Topliss-reactive ketones (excluding diaryl/α,β-unsaturated/α-hetero) is 1. The molecule has 0 saturated heterocycles. The maximum Gasteiger partial charge on any atom is 0.140 e. The van der Waals surface area contributed by atoms with Gasteiger partial charge in [0.05, 0.1) is 5.41 Å². The third-order valence-corrected chi connectivity index (χ3v) is 3.18. The van der Waals surface area contributed by atoms with Crippen molar-refractivity contribution in [3.63, 3.8) is 0 Å². The fraction of sp³-hybridized carbons (Fsp3) is 0.400. The summed E-state index contributed by atoms with van der Waals surface area (Å²) in [4.78, 5) is 11.8. The number of rotatable bonds is 5. The van der Waals surface area contributed by atoms with Gasteiger partial charge in [-0.3, -0.25) is 4.79 Å². The summed E-state index contributed by atoms with van der Waals surface area (Å²) in [5, 5.41) is 0. The summed E-state index contributed by atoms with van der Waals surface area (Å²) >= 11 is 0. The van der Waals surface area contributed by atoms with Gasteiger partial charge in [0.2, 0.25) is 0 Å². The maximum atomic E-state index is 11.8. The van der Waals surface area contributed by atoms with Crippen LogP contribution in [-0.4, -0.2) is 5.78 Å². The first-order valence-electron chi connectivity index (χ1n) is 5.83. The van der Waals surface area contributed by atoms with E-state index in [4.69, 9.17) is 0 Å². The second-order valence-corrected chi connectivity index (χ2v) is 4.23. The molecule has 0 amide bonds. The fourth-order valence-electron chi connectivity index (χ4n) is 2.07. The summed E-state index contributed by atoms with van der Waals surface area (Å²) in [6.07, 6.45) is 5.67. The Labute approximate surface area is 98.2 Å². The van der Waals surface area contributed by atoms with Crippen molar-refractivity contribution in [3.05, 3.63) is 48.0 Å². The summed E-state index contributed by atoms with van der Waals surface area (Å²) in [7, 11) is 0. The van der Waals surface area contributed by atoms with Crippen molar-refractivity contribution >= 4 is 5.78 Å². The van der Waals surface area contributed by atoms with E-state index in [0.717, 1.165) is 12.8 Å². The predicted octanol–water partition coefficient (Wildman–Crippen LogP) is 3.79. The van der Waals surface area contributed by atoms with Crippen molar-refractivity contribution in [3.8, 4) is 0 Å². The molecule has 0 saturated carbocycles. The highest BCUT2D eigenvalue weighted by Crippen LogP contribution is 2.30. The summed E-state index contributed by atoms with van der Waals surface area (Å²) in [6.45, 7) is 5.73. The molecular weight excluding hydrogens is 196 g/mol. The lowest BCUT2D eigenvalue weighted by Gasteiger charge is -2.26. The van der Waals surface area contributed by atoms with E-state index in [9.17, 15) is 4.79 Å². The molecule has 86 valence electrons. The van der Waals surface area contributed by atoms with E-state index in [-0.39, 0.29) is 11.2 Å². The van der Waals surface area contributed by atoms with Crippen LogP contribution in [-0.2, 0) is 11.2 Å². The van der Waals surface area contributed by atoms with Gasteiger partial charge in [0, 0.05) is 0 Å². The molecule has 0 heterocycles. The summed E-state index contributed by atoms with van der Waals surface area (Å²) in [6, 6.07) is 10.2. The van der Waals surface area contributed by atoms with Gasteiger partial charge < -0.3 is 0 Å². The van der Waals surface area contributed by atoms with Gasteiger partial charge in [-0.2, -0.15) is 0 Å². The molecule has 1 unspecified atom stereocenters. The van der Waals surface area contributed by atoms with Gasteiger partial charge in [-0.25, -0.2) is 0 Å². The number of hydrogen-bond acceptors (Lipinski definition) is 1. The van der Waals surface area contributed by atoms with Crippen molar-refractivity contribution in [2.24, 2.45) is 5.41 Å². The fourth-order valence-corrected chi connectivity index (χ4v) is 2.07. The lowest BCUT2D eigenvalue weighted by Crippen LogP contribution is -2.28. The van der Waals surface area contributed by atoms with Crippen molar-refractivity contribution in [2.75, 3.05) is 0 Å². The molecule has 0 aliphatic carbocycles. The number of carbonyl (C=O) groups is 1. The van der Waals surface area contributed by atoms with Crippen molar-refractivity contribution in [1.29, 1.82) is 0 Å². The van der Waals surface area contributed by atoms with Crippen LogP contribution in [0.5, 0.6) is 0 Å². The highest BCUT2D eigenvalue weighted by molar-refractivity contribution is 5.84. The van der Waals surface area contributed by atoms with Gasteiger partial charge in [0.1, 0.15) is 5.78 Å². The number of carbonyl (C=O) groups excluding carboxylic acids is 1. The Morgan fingerprint density at radius 3 is 2.38 bits per heavy atom. The van der Waals surface area contributed by atoms with Gasteiger partial charge in [-0.05, 0) is 32.3 Å². The molecule has 0 radical (unpaired) electrons. The molecule has 0 aliphatic rings. The van der Waals surface area contributed by atoms with E-state index in [1.165, 1.54) is 5.56 Å². The Morgan fingerprint density at radius 1 is 1.31 bits per heavy atom. The van der Waals surface area contributed by atoms with Crippen LogP contribution in [0.25, 0.3) is 0 Å². The Bertz CT molecular complexity index is 364. The van der Waals surface area contributed by atoms with Crippen LogP contribution < -0.4 is 0 Å². The van der Waals surface area contributed by atoms with Crippen LogP contribution in [0.3, 0.4) is 0 Å². The third kappa shape index (κ3) is 2.82. The zero-order valence-electron chi connectivity index (χ0n) is 10.4. The Morgan fingerprint density at radius 2 is 1.94 bits per heavy atom. The molecule has 0 aromatic heterocycles. The van der Waals surface area contributed by atoms with Crippen molar-refractivity contribution in [1.82, 2.24) is 0 Å². The van der Waals surface area contributed by atoms with E-state index in [0.29, 0.717) is 0 Å². The van der Waals surface area contributed by atoms with Crippen LogP contribution in [0, 0.1) is 5.41 Å². The minimum absolute atomic E-state index is 0.247. The molecule has 0 aliphatic heterocycles. The predicted molar refractivity (Wildman–Crippen MR) is 68.4 cm³/mol. The summed E-state index contributed by atoms with van der Waals surface area (Å²) in [5.74, 6) is 0.247. The van der Waals surface area contributed by atoms with E-state index in [2.05, 4.69) is 19.1 Å². The molecule has 1 aromatic carbocycles. The molecule has 0 bridgehead atoms. The minimum Gasteiger partial charge on any atom is -0.299 e. The average Bonchev–Trinajstić information content (AvgIpc) is 2.29. The molecular formula is C15H20O. The Hall–Kier alpha value is -1.37. The van der Waals surface area contributed by atoms with Gasteiger partial charge in [0.25, 0.3) is 0 Å². The molecule has 1 atom stereocenters. The molecule has 1 nitrogen and oxygen atoms in total. The Balaban J connectivity index is 2.99. The van der Waals surface area contributed by atoms with Crippen LogP contribution in [0.2, 0.25) is 0 Å². The molecule has 1 aromatic rings. The van der Waals surface area contributed by atoms with Gasteiger partial charge in [-0.15, -0.1) is 0 Å². The topological polar surface area (TPSA) is 17.1 Å². The van der Waals surface area contributed by atoms with Crippen LogP contribution in [0.4, 0.5) is 0 Å². The molecule has 0 spiro atoms.